The van der Waals surface area contributed by atoms with Crippen molar-refractivity contribution in [2.75, 3.05) is 7.11 Å². The van der Waals surface area contributed by atoms with Crippen LogP contribution < -0.4 is 0 Å². The second-order valence-electron chi connectivity index (χ2n) is 4.87. The lowest BCUT2D eigenvalue weighted by Crippen LogP contribution is -2.19. The third-order valence-corrected chi connectivity index (χ3v) is 3.72. The predicted octanol–water partition coefficient (Wildman–Crippen LogP) is 2.85. The maximum Gasteiger partial charge on any atom is 0.341 e. The molecule has 0 fully saturated rings. The first kappa shape index (κ1) is 12.7. The Kier molecular flexibility index (Phi) is 3.14. The molecule has 3 rings (SSSR count). The first-order valence-corrected chi connectivity index (χ1v) is 6.63. The SMILES string of the molecule is COC(=O)C1=C(c2c[nH]c3ccccc23)CCCC1=O. The molecule has 1 heterocycles. The third-order valence-electron chi connectivity index (χ3n) is 3.72. The van der Waals surface area contributed by atoms with Gasteiger partial charge in [-0.25, -0.2) is 4.79 Å². The molecule has 1 aromatic heterocycles. The van der Waals surface area contributed by atoms with Gasteiger partial charge < -0.3 is 9.72 Å². The van der Waals surface area contributed by atoms with Crippen molar-refractivity contribution in [3.05, 3.63) is 41.6 Å². The first-order valence-electron chi connectivity index (χ1n) is 6.63. The Balaban J connectivity index is 2.23. The van der Waals surface area contributed by atoms with Gasteiger partial charge in [0.25, 0.3) is 0 Å². The molecule has 0 unspecified atom stereocenters. The quantitative estimate of drug-likeness (QED) is 0.673. The molecule has 0 bridgehead atoms. The predicted molar refractivity (Wildman–Crippen MR) is 76.1 cm³/mol. The number of para-hydroxylation sites is 1. The molecule has 0 radical (unpaired) electrons. The highest BCUT2D eigenvalue weighted by Gasteiger charge is 2.28. The van der Waals surface area contributed by atoms with E-state index in [1.165, 1.54) is 7.11 Å². The Bertz CT molecular complexity index is 724. The van der Waals surface area contributed by atoms with Crippen molar-refractivity contribution < 1.29 is 14.3 Å². The average molecular weight is 269 g/mol. The Morgan fingerprint density at radius 1 is 1.25 bits per heavy atom. The number of methoxy groups -OCH3 is 1. The summed E-state index contributed by atoms with van der Waals surface area (Å²) in [6, 6.07) is 7.86. The highest BCUT2D eigenvalue weighted by molar-refractivity contribution is 6.24. The zero-order valence-corrected chi connectivity index (χ0v) is 11.2. The van der Waals surface area contributed by atoms with Crippen molar-refractivity contribution in [2.45, 2.75) is 19.3 Å². The fourth-order valence-corrected chi connectivity index (χ4v) is 2.77. The van der Waals surface area contributed by atoms with Crippen LogP contribution in [0, 0.1) is 0 Å². The van der Waals surface area contributed by atoms with E-state index in [9.17, 15) is 9.59 Å². The minimum absolute atomic E-state index is 0.122. The number of H-pyrrole nitrogens is 1. The molecule has 102 valence electrons. The van der Waals surface area contributed by atoms with Crippen LogP contribution in [0.1, 0.15) is 24.8 Å². The van der Waals surface area contributed by atoms with E-state index in [0.29, 0.717) is 6.42 Å². The minimum atomic E-state index is -0.532. The summed E-state index contributed by atoms with van der Waals surface area (Å²) in [7, 11) is 1.31. The number of fused-ring (bicyclic) bond motifs is 1. The van der Waals surface area contributed by atoms with Crippen LogP contribution >= 0.6 is 0 Å². The van der Waals surface area contributed by atoms with Crippen molar-refractivity contribution in [2.24, 2.45) is 0 Å². The number of carbonyl (C=O) groups excluding carboxylic acids is 2. The smallest absolute Gasteiger partial charge is 0.341 e. The molecule has 4 heteroatoms. The van der Waals surface area contributed by atoms with E-state index in [1.807, 2.05) is 30.5 Å². The number of esters is 1. The van der Waals surface area contributed by atoms with Gasteiger partial charge in [-0.3, -0.25) is 4.79 Å². The number of hydrogen-bond acceptors (Lipinski definition) is 3. The van der Waals surface area contributed by atoms with Crippen LogP contribution in [0.25, 0.3) is 16.5 Å². The summed E-state index contributed by atoms with van der Waals surface area (Å²) in [5, 5.41) is 1.03. The summed E-state index contributed by atoms with van der Waals surface area (Å²) < 4.78 is 4.77. The van der Waals surface area contributed by atoms with Crippen molar-refractivity contribution in [3.8, 4) is 0 Å². The zero-order chi connectivity index (χ0) is 14.1. The summed E-state index contributed by atoms with van der Waals surface area (Å²) >= 11 is 0. The number of Topliss-reactive ketones (excluding diaryl/α,β-unsaturated/α-hetero) is 1. The lowest BCUT2D eigenvalue weighted by Gasteiger charge is -2.17. The van der Waals surface area contributed by atoms with Crippen molar-refractivity contribution in [1.82, 2.24) is 4.98 Å². The van der Waals surface area contributed by atoms with Crippen LogP contribution in [0.2, 0.25) is 0 Å². The van der Waals surface area contributed by atoms with Gasteiger partial charge in [-0.15, -0.1) is 0 Å². The van der Waals surface area contributed by atoms with Crippen LogP contribution in [-0.2, 0) is 14.3 Å². The van der Waals surface area contributed by atoms with E-state index >= 15 is 0 Å². The van der Waals surface area contributed by atoms with Gasteiger partial charge in [-0.1, -0.05) is 18.2 Å². The molecule has 1 aliphatic carbocycles. The van der Waals surface area contributed by atoms with Crippen LogP contribution in [0.4, 0.5) is 0 Å². The zero-order valence-electron chi connectivity index (χ0n) is 11.2. The van der Waals surface area contributed by atoms with Crippen molar-refractivity contribution >= 4 is 28.2 Å². The molecule has 0 saturated carbocycles. The molecule has 0 aliphatic heterocycles. The fraction of sp³-hybridized carbons (Fsp3) is 0.250. The number of allylic oxidation sites excluding steroid dienone is 1. The van der Waals surface area contributed by atoms with E-state index in [4.69, 9.17) is 4.74 Å². The van der Waals surface area contributed by atoms with Gasteiger partial charge in [0, 0.05) is 29.1 Å². The third kappa shape index (κ3) is 1.93. The second kappa shape index (κ2) is 4.96. The summed E-state index contributed by atoms with van der Waals surface area (Å²) in [6.07, 6.45) is 3.77. The Hall–Kier alpha value is -2.36. The maximum absolute atomic E-state index is 12.1. The molecular formula is C16H15NO3. The first-order chi connectivity index (χ1) is 9.72. The second-order valence-corrected chi connectivity index (χ2v) is 4.87. The van der Waals surface area contributed by atoms with E-state index in [1.54, 1.807) is 0 Å². The van der Waals surface area contributed by atoms with Gasteiger partial charge in [0.2, 0.25) is 0 Å². The van der Waals surface area contributed by atoms with E-state index in [2.05, 4.69) is 4.98 Å². The molecule has 2 aromatic rings. The number of carbonyl (C=O) groups is 2. The number of aromatic nitrogens is 1. The number of benzene rings is 1. The number of ether oxygens (including phenoxy) is 1. The van der Waals surface area contributed by atoms with Crippen LogP contribution in [0.3, 0.4) is 0 Å². The minimum Gasteiger partial charge on any atom is -0.465 e. The van der Waals surface area contributed by atoms with Crippen LogP contribution in [0.15, 0.2) is 36.0 Å². The number of aromatic amines is 1. The van der Waals surface area contributed by atoms with E-state index in [-0.39, 0.29) is 11.4 Å². The molecular weight excluding hydrogens is 254 g/mol. The molecule has 0 spiro atoms. The van der Waals surface area contributed by atoms with Crippen molar-refractivity contribution in [1.29, 1.82) is 0 Å². The van der Waals surface area contributed by atoms with E-state index < -0.39 is 5.97 Å². The molecule has 4 nitrogen and oxygen atoms in total. The molecule has 1 aliphatic rings. The number of rotatable bonds is 2. The number of ketones is 1. The maximum atomic E-state index is 12.1. The monoisotopic (exact) mass is 269 g/mol. The van der Waals surface area contributed by atoms with Crippen LogP contribution in [-0.4, -0.2) is 23.8 Å². The molecule has 1 N–H and O–H groups in total. The number of hydrogen-bond donors (Lipinski definition) is 1. The highest BCUT2D eigenvalue weighted by atomic mass is 16.5. The van der Waals surface area contributed by atoms with Crippen LogP contribution in [0.5, 0.6) is 0 Å². The Morgan fingerprint density at radius 3 is 2.85 bits per heavy atom. The summed E-state index contributed by atoms with van der Waals surface area (Å²) in [6.45, 7) is 0. The van der Waals surface area contributed by atoms with Gasteiger partial charge in [0.1, 0.15) is 5.57 Å². The lowest BCUT2D eigenvalue weighted by atomic mass is 9.86. The molecule has 20 heavy (non-hydrogen) atoms. The van der Waals surface area contributed by atoms with Gasteiger partial charge in [-0.05, 0) is 24.5 Å². The summed E-state index contributed by atoms with van der Waals surface area (Å²) in [5.74, 6) is -0.654. The molecule has 1 aromatic carbocycles. The molecule has 0 saturated heterocycles. The topological polar surface area (TPSA) is 59.2 Å². The largest absolute Gasteiger partial charge is 0.465 e. The summed E-state index contributed by atoms with van der Waals surface area (Å²) in [5.41, 5.74) is 2.93. The van der Waals surface area contributed by atoms with Gasteiger partial charge in [0.15, 0.2) is 5.78 Å². The normalized spacial score (nSPS) is 15.8. The van der Waals surface area contributed by atoms with Gasteiger partial charge >= 0.3 is 5.97 Å². The molecule has 0 amide bonds. The fourth-order valence-electron chi connectivity index (χ4n) is 2.77. The van der Waals surface area contributed by atoms with Gasteiger partial charge in [-0.2, -0.15) is 0 Å². The summed E-state index contributed by atoms with van der Waals surface area (Å²) in [4.78, 5) is 27.2. The lowest BCUT2D eigenvalue weighted by molar-refractivity contribution is -0.137. The Morgan fingerprint density at radius 2 is 2.05 bits per heavy atom. The molecule has 0 atom stereocenters. The number of nitrogens with one attached hydrogen (secondary N) is 1. The Labute approximate surface area is 116 Å². The highest BCUT2D eigenvalue weighted by Crippen LogP contribution is 2.34. The van der Waals surface area contributed by atoms with Gasteiger partial charge in [0.05, 0.1) is 7.11 Å². The standard InChI is InChI=1S/C16H15NO3/c1-20-16(19)15-11(6-4-8-14(15)18)12-9-17-13-7-3-2-5-10(12)13/h2-3,5,7,9,17H,4,6,8H2,1H3. The van der Waals surface area contributed by atoms with Crippen molar-refractivity contribution in [3.63, 3.8) is 0 Å². The van der Waals surface area contributed by atoms with E-state index in [0.717, 1.165) is 34.9 Å². The average Bonchev–Trinajstić information content (AvgIpc) is 2.90.